The van der Waals surface area contributed by atoms with Gasteiger partial charge in [-0.05, 0) is 30.2 Å². The summed E-state index contributed by atoms with van der Waals surface area (Å²) < 4.78 is 26.8. The average molecular weight is 292 g/mol. The molecule has 110 valence electrons. The number of nitro benzene ring substituents is 1. The van der Waals surface area contributed by atoms with Crippen molar-refractivity contribution in [2.45, 2.75) is 19.4 Å². The summed E-state index contributed by atoms with van der Waals surface area (Å²) >= 11 is 0. The van der Waals surface area contributed by atoms with Gasteiger partial charge in [0.1, 0.15) is 11.5 Å². The minimum Gasteiger partial charge on any atom is -0.370 e. The molecule has 0 aromatic heterocycles. The first-order valence-corrected chi connectivity index (χ1v) is 6.47. The molecular formula is C15H14F2N2O2. The first kappa shape index (κ1) is 14.9. The third-order valence-corrected chi connectivity index (χ3v) is 3.19. The van der Waals surface area contributed by atoms with E-state index in [2.05, 4.69) is 5.32 Å². The molecular weight excluding hydrogens is 278 g/mol. The second-order valence-electron chi connectivity index (χ2n) is 4.55. The number of anilines is 1. The van der Waals surface area contributed by atoms with Gasteiger partial charge in [-0.25, -0.2) is 8.78 Å². The summed E-state index contributed by atoms with van der Waals surface area (Å²) in [7, 11) is 0. The molecule has 21 heavy (non-hydrogen) atoms. The van der Waals surface area contributed by atoms with E-state index in [1.165, 1.54) is 24.3 Å². The van der Waals surface area contributed by atoms with Crippen molar-refractivity contribution in [3.8, 4) is 0 Å². The van der Waals surface area contributed by atoms with Gasteiger partial charge in [-0.3, -0.25) is 10.1 Å². The molecule has 0 aliphatic carbocycles. The van der Waals surface area contributed by atoms with E-state index in [-0.39, 0.29) is 23.2 Å². The molecule has 1 atom stereocenters. The fourth-order valence-electron chi connectivity index (χ4n) is 2.10. The van der Waals surface area contributed by atoms with Gasteiger partial charge in [0.15, 0.2) is 5.82 Å². The fraction of sp³-hybridized carbons (Fsp3) is 0.200. The number of hydrogen-bond acceptors (Lipinski definition) is 3. The Morgan fingerprint density at radius 1 is 1.19 bits per heavy atom. The summed E-state index contributed by atoms with van der Waals surface area (Å²) in [6, 6.07) is 9.09. The molecule has 2 aromatic carbocycles. The van der Waals surface area contributed by atoms with E-state index in [1.54, 1.807) is 12.1 Å². The zero-order chi connectivity index (χ0) is 15.4. The minimum absolute atomic E-state index is 0.154. The topological polar surface area (TPSA) is 55.2 Å². The molecule has 0 aliphatic heterocycles. The smallest absolute Gasteiger partial charge is 0.295 e. The number of rotatable bonds is 5. The van der Waals surface area contributed by atoms with Crippen LogP contribution in [0.1, 0.15) is 24.9 Å². The number of nitrogens with zero attached hydrogens (tertiary/aromatic N) is 1. The number of nitrogens with one attached hydrogen (secondary N) is 1. The molecule has 6 heteroatoms. The van der Waals surface area contributed by atoms with Crippen LogP contribution >= 0.6 is 0 Å². The van der Waals surface area contributed by atoms with Crippen molar-refractivity contribution in [2.75, 3.05) is 5.32 Å². The first-order chi connectivity index (χ1) is 10.0. The summed E-state index contributed by atoms with van der Waals surface area (Å²) in [5.41, 5.74) is 0.255. The predicted octanol–water partition coefficient (Wildman–Crippen LogP) is 4.44. The normalized spacial score (nSPS) is 12.0. The van der Waals surface area contributed by atoms with Crippen LogP contribution in [0, 0.1) is 21.7 Å². The van der Waals surface area contributed by atoms with Crippen LogP contribution in [0.5, 0.6) is 0 Å². The molecule has 2 aromatic rings. The zero-order valence-corrected chi connectivity index (χ0v) is 11.3. The van der Waals surface area contributed by atoms with Crippen molar-refractivity contribution < 1.29 is 13.7 Å². The lowest BCUT2D eigenvalue weighted by Crippen LogP contribution is -2.12. The van der Waals surface area contributed by atoms with E-state index in [0.717, 1.165) is 11.6 Å². The van der Waals surface area contributed by atoms with Crippen LogP contribution in [0.2, 0.25) is 0 Å². The highest BCUT2D eigenvalue weighted by molar-refractivity contribution is 5.63. The molecule has 0 fully saturated rings. The van der Waals surface area contributed by atoms with Crippen LogP contribution in [0.3, 0.4) is 0 Å². The Labute approximate surface area is 120 Å². The molecule has 0 spiro atoms. The van der Waals surface area contributed by atoms with Gasteiger partial charge in [-0.1, -0.05) is 25.1 Å². The van der Waals surface area contributed by atoms with Crippen molar-refractivity contribution in [3.05, 3.63) is 69.8 Å². The molecule has 0 bridgehead atoms. The van der Waals surface area contributed by atoms with E-state index >= 15 is 0 Å². The molecule has 0 radical (unpaired) electrons. The lowest BCUT2D eigenvalue weighted by Gasteiger charge is -2.19. The molecule has 0 amide bonds. The van der Waals surface area contributed by atoms with Crippen LogP contribution in [0.25, 0.3) is 0 Å². The van der Waals surface area contributed by atoms with Gasteiger partial charge in [0.25, 0.3) is 5.69 Å². The summed E-state index contributed by atoms with van der Waals surface area (Å²) in [6.45, 7) is 1.85. The second kappa shape index (κ2) is 6.30. The van der Waals surface area contributed by atoms with Crippen molar-refractivity contribution in [1.29, 1.82) is 0 Å². The quantitative estimate of drug-likeness (QED) is 0.655. The Kier molecular flexibility index (Phi) is 4.47. The van der Waals surface area contributed by atoms with Crippen LogP contribution in [0.15, 0.2) is 42.5 Å². The van der Waals surface area contributed by atoms with Crippen molar-refractivity contribution in [1.82, 2.24) is 0 Å². The number of benzene rings is 2. The van der Waals surface area contributed by atoms with Gasteiger partial charge in [0, 0.05) is 6.07 Å². The third-order valence-electron chi connectivity index (χ3n) is 3.19. The molecule has 0 aliphatic rings. The standard InChI is InChI=1S/C15H14F2N2O2/c1-2-13(10-6-8-11(16)9-7-10)18-15-12(17)4-3-5-14(15)19(20)21/h3-9,13,18H,2H2,1H3. The van der Waals surface area contributed by atoms with Gasteiger partial charge in [0.05, 0.1) is 11.0 Å². The van der Waals surface area contributed by atoms with Crippen LogP contribution in [-0.2, 0) is 0 Å². The number of para-hydroxylation sites is 1. The summed E-state index contributed by atoms with van der Waals surface area (Å²) in [5.74, 6) is -1.06. The van der Waals surface area contributed by atoms with Gasteiger partial charge >= 0.3 is 0 Å². The average Bonchev–Trinajstić information content (AvgIpc) is 2.47. The van der Waals surface area contributed by atoms with Crippen LogP contribution < -0.4 is 5.32 Å². The summed E-state index contributed by atoms with van der Waals surface area (Å²) in [5, 5.41) is 13.8. The minimum atomic E-state index is -0.690. The van der Waals surface area contributed by atoms with Gasteiger partial charge in [-0.15, -0.1) is 0 Å². The maximum absolute atomic E-state index is 13.9. The fourth-order valence-corrected chi connectivity index (χ4v) is 2.10. The molecule has 1 N–H and O–H groups in total. The van der Waals surface area contributed by atoms with Crippen molar-refractivity contribution in [2.24, 2.45) is 0 Å². The maximum atomic E-state index is 13.9. The van der Waals surface area contributed by atoms with E-state index in [9.17, 15) is 18.9 Å². The molecule has 1 unspecified atom stereocenters. The van der Waals surface area contributed by atoms with Gasteiger partial charge in [-0.2, -0.15) is 0 Å². The number of hydrogen-bond donors (Lipinski definition) is 1. The molecule has 2 rings (SSSR count). The SMILES string of the molecule is CCC(Nc1c(F)cccc1[N+](=O)[O-])c1ccc(F)cc1. The Bertz CT molecular complexity index is 645. The van der Waals surface area contributed by atoms with Gasteiger partial charge in [0.2, 0.25) is 0 Å². The lowest BCUT2D eigenvalue weighted by atomic mass is 10.0. The molecule has 0 saturated heterocycles. The van der Waals surface area contributed by atoms with E-state index < -0.39 is 10.7 Å². The summed E-state index contributed by atoms with van der Waals surface area (Å²) in [6.07, 6.45) is 0.567. The van der Waals surface area contributed by atoms with Crippen LogP contribution in [-0.4, -0.2) is 4.92 Å². The molecule has 0 saturated carbocycles. The van der Waals surface area contributed by atoms with E-state index in [4.69, 9.17) is 0 Å². The summed E-state index contributed by atoms with van der Waals surface area (Å²) in [4.78, 5) is 10.3. The largest absolute Gasteiger partial charge is 0.370 e. The second-order valence-corrected chi connectivity index (χ2v) is 4.55. The van der Waals surface area contributed by atoms with E-state index in [1.807, 2.05) is 6.92 Å². The Balaban J connectivity index is 2.35. The Hall–Kier alpha value is -2.50. The highest BCUT2D eigenvalue weighted by atomic mass is 19.1. The highest BCUT2D eigenvalue weighted by Crippen LogP contribution is 2.31. The number of nitro groups is 1. The van der Waals surface area contributed by atoms with Crippen molar-refractivity contribution >= 4 is 11.4 Å². The van der Waals surface area contributed by atoms with Gasteiger partial charge < -0.3 is 5.32 Å². The molecule has 0 heterocycles. The lowest BCUT2D eigenvalue weighted by molar-refractivity contribution is -0.384. The monoisotopic (exact) mass is 292 g/mol. The molecule has 4 nitrogen and oxygen atoms in total. The Morgan fingerprint density at radius 3 is 2.43 bits per heavy atom. The highest BCUT2D eigenvalue weighted by Gasteiger charge is 2.21. The predicted molar refractivity (Wildman–Crippen MR) is 76.1 cm³/mol. The van der Waals surface area contributed by atoms with E-state index in [0.29, 0.717) is 6.42 Å². The zero-order valence-electron chi connectivity index (χ0n) is 11.3. The first-order valence-electron chi connectivity index (χ1n) is 6.47. The maximum Gasteiger partial charge on any atom is 0.295 e. The van der Waals surface area contributed by atoms with Crippen LogP contribution in [0.4, 0.5) is 20.2 Å². The third kappa shape index (κ3) is 3.34. The Morgan fingerprint density at radius 2 is 1.86 bits per heavy atom. The number of halogens is 2. The van der Waals surface area contributed by atoms with Crippen molar-refractivity contribution in [3.63, 3.8) is 0 Å².